The highest BCUT2D eigenvalue weighted by Crippen LogP contribution is 2.31. The summed E-state index contributed by atoms with van der Waals surface area (Å²) < 4.78 is 9.20. The molecule has 2 heterocycles. The Labute approximate surface area is 127 Å². The summed E-state index contributed by atoms with van der Waals surface area (Å²) in [6.07, 6.45) is 3.12. The van der Waals surface area contributed by atoms with Gasteiger partial charge in [0.1, 0.15) is 9.47 Å². The second-order valence-corrected chi connectivity index (χ2v) is 6.37. The Bertz CT molecular complexity index is 621. The van der Waals surface area contributed by atoms with Gasteiger partial charge in [-0.15, -0.1) is 11.3 Å². The quantitative estimate of drug-likeness (QED) is 0.696. The topological polar surface area (TPSA) is 27.1 Å². The number of fused-ring (bicyclic) bond motifs is 1. The monoisotopic (exact) mass is 316 g/mol. The van der Waals surface area contributed by atoms with Crippen LogP contribution >= 0.6 is 35.2 Å². The van der Waals surface area contributed by atoms with Crippen LogP contribution in [0.4, 0.5) is 0 Å². The van der Waals surface area contributed by atoms with Gasteiger partial charge in [0.05, 0.1) is 10.9 Å². The van der Waals surface area contributed by atoms with E-state index in [1.807, 2.05) is 10.6 Å². The van der Waals surface area contributed by atoms with Crippen molar-refractivity contribution in [3.8, 4) is 6.01 Å². The zero-order chi connectivity index (χ0) is 13.8. The number of rotatable bonds is 6. The number of hydrogen-bond acceptors (Lipinski definition) is 4. The van der Waals surface area contributed by atoms with Crippen LogP contribution in [0.1, 0.15) is 33.1 Å². The summed E-state index contributed by atoms with van der Waals surface area (Å²) >= 11 is 13.0. The Balaban J connectivity index is 2.51. The fraction of sp³-hybridized carbons (Fsp3) is 0.538. The van der Waals surface area contributed by atoms with Crippen molar-refractivity contribution in [2.24, 2.45) is 0 Å². The summed E-state index contributed by atoms with van der Waals surface area (Å²) in [4.78, 5) is 5.41. The predicted molar refractivity (Wildman–Crippen MR) is 84.1 cm³/mol. The average molecular weight is 317 g/mol. The van der Waals surface area contributed by atoms with Crippen molar-refractivity contribution in [2.75, 3.05) is 6.61 Å². The van der Waals surface area contributed by atoms with Gasteiger partial charge in [0.15, 0.2) is 0 Å². The third-order valence-electron chi connectivity index (χ3n) is 2.76. The highest BCUT2D eigenvalue weighted by Gasteiger charge is 2.12. The third kappa shape index (κ3) is 3.27. The lowest BCUT2D eigenvalue weighted by molar-refractivity contribution is 0.273. The van der Waals surface area contributed by atoms with Crippen LogP contribution in [-0.4, -0.2) is 16.2 Å². The SMILES string of the molecule is CCCCn1c(OCCC)nc2sc(Cl)cc2c1=S. The summed E-state index contributed by atoms with van der Waals surface area (Å²) in [5.41, 5.74) is 0. The Hall–Kier alpha value is -0.650. The molecule has 0 spiro atoms. The summed E-state index contributed by atoms with van der Waals surface area (Å²) in [7, 11) is 0. The fourth-order valence-corrected chi connectivity index (χ4v) is 3.25. The second kappa shape index (κ2) is 6.68. The number of hydrogen-bond donors (Lipinski definition) is 0. The minimum absolute atomic E-state index is 0.617. The molecule has 0 saturated carbocycles. The number of thiophene rings is 1. The predicted octanol–water partition coefficient (Wildman–Crippen LogP) is 5.07. The van der Waals surface area contributed by atoms with Crippen molar-refractivity contribution in [1.82, 2.24) is 9.55 Å². The van der Waals surface area contributed by atoms with Gasteiger partial charge in [-0.2, -0.15) is 4.98 Å². The maximum absolute atomic E-state index is 6.05. The standard InChI is InChI=1S/C13H17ClN2OS2/c1-3-5-6-16-12(18)9-8-10(14)19-11(9)15-13(16)17-7-4-2/h8H,3-7H2,1-2H3. The molecule has 19 heavy (non-hydrogen) atoms. The Morgan fingerprint density at radius 3 is 2.89 bits per heavy atom. The van der Waals surface area contributed by atoms with Crippen LogP contribution in [0.2, 0.25) is 4.34 Å². The molecule has 0 radical (unpaired) electrons. The van der Waals surface area contributed by atoms with Crippen molar-refractivity contribution in [2.45, 2.75) is 39.7 Å². The highest BCUT2D eigenvalue weighted by molar-refractivity contribution is 7.71. The van der Waals surface area contributed by atoms with Crippen molar-refractivity contribution in [1.29, 1.82) is 0 Å². The van der Waals surface area contributed by atoms with Crippen LogP contribution in [0.15, 0.2) is 6.07 Å². The summed E-state index contributed by atoms with van der Waals surface area (Å²) in [5.74, 6) is 0. The molecule has 0 bridgehead atoms. The number of nitrogens with zero attached hydrogens (tertiary/aromatic N) is 2. The van der Waals surface area contributed by atoms with Crippen LogP contribution in [0.3, 0.4) is 0 Å². The summed E-state index contributed by atoms with van der Waals surface area (Å²) in [6.45, 7) is 5.72. The Morgan fingerprint density at radius 2 is 2.21 bits per heavy atom. The zero-order valence-corrected chi connectivity index (χ0v) is 13.5. The van der Waals surface area contributed by atoms with E-state index in [1.54, 1.807) is 0 Å². The van der Waals surface area contributed by atoms with Crippen LogP contribution in [0.25, 0.3) is 10.2 Å². The molecule has 2 aromatic rings. The van der Waals surface area contributed by atoms with Crippen LogP contribution in [0.5, 0.6) is 6.01 Å². The fourth-order valence-electron chi connectivity index (χ4n) is 1.78. The molecule has 0 aliphatic heterocycles. The van der Waals surface area contributed by atoms with Crippen molar-refractivity contribution in [3.05, 3.63) is 15.0 Å². The molecule has 0 fully saturated rings. The second-order valence-electron chi connectivity index (χ2n) is 4.32. The molecule has 6 heteroatoms. The van der Waals surface area contributed by atoms with E-state index in [0.717, 1.165) is 40.7 Å². The molecule has 0 atom stereocenters. The molecule has 3 nitrogen and oxygen atoms in total. The average Bonchev–Trinajstić information content (AvgIpc) is 2.76. The Kier molecular flexibility index (Phi) is 5.19. The van der Waals surface area contributed by atoms with Gasteiger partial charge in [0.2, 0.25) is 0 Å². The van der Waals surface area contributed by atoms with Gasteiger partial charge in [0.25, 0.3) is 6.01 Å². The summed E-state index contributed by atoms with van der Waals surface area (Å²) in [5, 5.41) is 0.949. The minimum Gasteiger partial charge on any atom is -0.465 e. The number of ether oxygens (including phenoxy) is 1. The van der Waals surface area contributed by atoms with Crippen molar-refractivity contribution >= 4 is 45.4 Å². The molecule has 2 aromatic heterocycles. The van der Waals surface area contributed by atoms with E-state index in [4.69, 9.17) is 28.6 Å². The van der Waals surface area contributed by atoms with Gasteiger partial charge >= 0.3 is 0 Å². The van der Waals surface area contributed by atoms with Crippen LogP contribution in [-0.2, 0) is 6.54 Å². The molecule has 0 aromatic carbocycles. The number of halogens is 1. The molecule has 0 N–H and O–H groups in total. The van der Waals surface area contributed by atoms with Crippen LogP contribution in [0, 0.1) is 4.64 Å². The van der Waals surface area contributed by atoms with E-state index in [-0.39, 0.29) is 0 Å². The first kappa shape index (κ1) is 14.8. The van der Waals surface area contributed by atoms with Crippen LogP contribution < -0.4 is 4.74 Å². The first-order valence-electron chi connectivity index (χ1n) is 6.50. The van der Waals surface area contributed by atoms with Crippen molar-refractivity contribution in [3.63, 3.8) is 0 Å². The molecule has 104 valence electrons. The van der Waals surface area contributed by atoms with E-state index >= 15 is 0 Å². The number of aromatic nitrogens is 2. The normalized spacial score (nSPS) is 11.1. The number of unbranched alkanes of at least 4 members (excludes halogenated alkanes) is 1. The van der Waals surface area contributed by atoms with Gasteiger partial charge < -0.3 is 4.74 Å². The van der Waals surface area contributed by atoms with Crippen molar-refractivity contribution < 1.29 is 4.74 Å². The molecule has 0 aliphatic carbocycles. The smallest absolute Gasteiger partial charge is 0.298 e. The highest BCUT2D eigenvalue weighted by atomic mass is 35.5. The Morgan fingerprint density at radius 1 is 1.42 bits per heavy atom. The first-order valence-corrected chi connectivity index (χ1v) is 8.10. The lowest BCUT2D eigenvalue weighted by Crippen LogP contribution is -2.10. The van der Waals surface area contributed by atoms with E-state index in [0.29, 0.717) is 17.0 Å². The largest absolute Gasteiger partial charge is 0.465 e. The van der Waals surface area contributed by atoms with Gasteiger partial charge in [0, 0.05) is 11.9 Å². The molecule has 0 unspecified atom stereocenters. The van der Waals surface area contributed by atoms with Gasteiger partial charge in [-0.1, -0.05) is 44.1 Å². The molecule has 2 rings (SSSR count). The first-order chi connectivity index (χ1) is 9.17. The maximum Gasteiger partial charge on any atom is 0.298 e. The van der Waals surface area contributed by atoms with Gasteiger partial charge in [-0.3, -0.25) is 4.57 Å². The van der Waals surface area contributed by atoms with E-state index < -0.39 is 0 Å². The molecule has 0 saturated heterocycles. The molecule has 0 aliphatic rings. The molecular weight excluding hydrogens is 300 g/mol. The van der Waals surface area contributed by atoms with E-state index in [2.05, 4.69) is 18.8 Å². The van der Waals surface area contributed by atoms with Gasteiger partial charge in [-0.05, 0) is 18.9 Å². The molecule has 0 amide bonds. The zero-order valence-electron chi connectivity index (χ0n) is 11.1. The molecular formula is C13H17ClN2OS2. The third-order valence-corrected chi connectivity index (χ3v) is 4.35. The lowest BCUT2D eigenvalue weighted by Gasteiger charge is -2.13. The lowest BCUT2D eigenvalue weighted by atomic mass is 10.3. The summed E-state index contributed by atoms with van der Waals surface area (Å²) in [6, 6.07) is 2.51. The van der Waals surface area contributed by atoms with E-state index in [1.165, 1.54) is 11.3 Å². The maximum atomic E-state index is 6.05. The van der Waals surface area contributed by atoms with Gasteiger partial charge in [-0.25, -0.2) is 0 Å². The minimum atomic E-state index is 0.617. The van der Waals surface area contributed by atoms with E-state index in [9.17, 15) is 0 Å².